The van der Waals surface area contributed by atoms with E-state index in [4.69, 9.17) is 20.9 Å². The van der Waals surface area contributed by atoms with Crippen molar-refractivity contribution in [2.75, 3.05) is 37.7 Å². The molecule has 2 atom stereocenters. The molecule has 0 radical (unpaired) electrons. The van der Waals surface area contributed by atoms with Crippen LogP contribution in [0, 0.1) is 24.0 Å². The van der Waals surface area contributed by atoms with Gasteiger partial charge in [-0.2, -0.15) is 9.97 Å². The van der Waals surface area contributed by atoms with Gasteiger partial charge in [-0.05, 0) is 63.7 Å². The lowest BCUT2D eigenvalue weighted by molar-refractivity contribution is 0.0302. The number of anilines is 1. The zero-order chi connectivity index (χ0) is 29.3. The molecule has 4 fully saturated rings. The second kappa shape index (κ2) is 9.96. The Morgan fingerprint density at radius 3 is 2.65 bits per heavy atom. The molecule has 0 amide bonds. The number of terminal acetylenes is 1. The summed E-state index contributed by atoms with van der Waals surface area (Å²) >= 11 is 0. The molecule has 4 aliphatic rings. The molecule has 11 heteroatoms. The maximum absolute atomic E-state index is 16.7. The minimum absolute atomic E-state index is 0.0168. The SMILES string of the molecule is C#Cc1c(F)ccc2[nH]c(=O)cc(-c3ncc4c(N5CC6CCC(C5)O6)nc(OCC56CCCN5CCC6)nc4c3F)c12. The van der Waals surface area contributed by atoms with Crippen LogP contribution in [0.15, 0.2) is 29.2 Å². The first-order valence-electron chi connectivity index (χ1n) is 14.9. The van der Waals surface area contributed by atoms with Gasteiger partial charge in [0.15, 0.2) is 5.82 Å². The fraction of sp³-hybridized carbons (Fsp3) is 0.438. The highest BCUT2D eigenvalue weighted by Gasteiger charge is 2.45. The van der Waals surface area contributed by atoms with Crippen molar-refractivity contribution in [1.82, 2.24) is 24.8 Å². The van der Waals surface area contributed by atoms with Gasteiger partial charge in [-0.3, -0.25) is 14.7 Å². The molecule has 4 aliphatic heterocycles. The Kier molecular flexibility index (Phi) is 6.14. The molecule has 43 heavy (non-hydrogen) atoms. The minimum Gasteiger partial charge on any atom is -0.461 e. The van der Waals surface area contributed by atoms with E-state index >= 15 is 4.39 Å². The fourth-order valence-electron chi connectivity index (χ4n) is 7.62. The molecular weight excluding hydrogens is 554 g/mol. The Labute approximate surface area is 246 Å². The topological polar surface area (TPSA) is 96.5 Å². The van der Waals surface area contributed by atoms with Crippen molar-refractivity contribution in [2.24, 2.45) is 0 Å². The molecule has 2 unspecified atom stereocenters. The summed E-state index contributed by atoms with van der Waals surface area (Å²) in [6.45, 7) is 3.77. The summed E-state index contributed by atoms with van der Waals surface area (Å²) in [6, 6.07) is 3.86. The zero-order valence-corrected chi connectivity index (χ0v) is 23.5. The first kappa shape index (κ1) is 26.5. The molecule has 4 aromatic rings. The molecule has 4 saturated heterocycles. The predicted molar refractivity (Wildman–Crippen MR) is 157 cm³/mol. The lowest BCUT2D eigenvalue weighted by Gasteiger charge is -2.34. The fourth-order valence-corrected chi connectivity index (χ4v) is 7.62. The average molecular weight is 585 g/mol. The maximum atomic E-state index is 16.7. The number of benzene rings is 1. The number of nitrogens with zero attached hydrogens (tertiary/aromatic N) is 5. The van der Waals surface area contributed by atoms with E-state index in [1.165, 1.54) is 24.4 Å². The molecule has 2 bridgehead atoms. The third-order valence-electron chi connectivity index (χ3n) is 9.62. The Morgan fingerprint density at radius 2 is 1.91 bits per heavy atom. The number of ether oxygens (including phenoxy) is 2. The lowest BCUT2D eigenvalue weighted by atomic mass is 9.95. The van der Waals surface area contributed by atoms with E-state index in [2.05, 4.69) is 30.7 Å². The molecule has 0 spiro atoms. The molecule has 3 aromatic heterocycles. The van der Waals surface area contributed by atoms with Crippen LogP contribution in [0.3, 0.4) is 0 Å². The largest absolute Gasteiger partial charge is 0.461 e. The molecule has 7 heterocycles. The van der Waals surface area contributed by atoms with Crippen molar-refractivity contribution in [3.63, 3.8) is 0 Å². The van der Waals surface area contributed by atoms with Crippen LogP contribution in [0.2, 0.25) is 0 Å². The van der Waals surface area contributed by atoms with Gasteiger partial charge in [0.1, 0.15) is 29.5 Å². The summed E-state index contributed by atoms with van der Waals surface area (Å²) in [4.78, 5) is 33.7. The van der Waals surface area contributed by atoms with E-state index in [-0.39, 0.29) is 57.0 Å². The van der Waals surface area contributed by atoms with E-state index < -0.39 is 17.2 Å². The summed E-state index contributed by atoms with van der Waals surface area (Å²) in [5.41, 5.74) is -0.388. The Bertz CT molecular complexity index is 1870. The van der Waals surface area contributed by atoms with Gasteiger partial charge in [-0.15, -0.1) is 6.42 Å². The highest BCUT2D eigenvalue weighted by Crippen LogP contribution is 2.40. The number of hydrogen-bond acceptors (Lipinski definition) is 8. The first-order valence-corrected chi connectivity index (χ1v) is 14.9. The molecular formula is C32H30F2N6O3. The maximum Gasteiger partial charge on any atom is 0.319 e. The number of pyridine rings is 2. The van der Waals surface area contributed by atoms with E-state index in [1.54, 1.807) is 0 Å². The average Bonchev–Trinajstić information content (AvgIpc) is 3.69. The second-order valence-electron chi connectivity index (χ2n) is 12.1. The van der Waals surface area contributed by atoms with Crippen molar-refractivity contribution >= 4 is 27.6 Å². The first-order chi connectivity index (χ1) is 20.9. The number of aromatic nitrogens is 4. The summed E-state index contributed by atoms with van der Waals surface area (Å²) in [5, 5.41) is 0.624. The van der Waals surface area contributed by atoms with Crippen molar-refractivity contribution in [3.8, 4) is 29.6 Å². The van der Waals surface area contributed by atoms with E-state index in [9.17, 15) is 9.18 Å². The number of hydrogen-bond donors (Lipinski definition) is 1. The van der Waals surface area contributed by atoms with Crippen molar-refractivity contribution in [2.45, 2.75) is 56.3 Å². The van der Waals surface area contributed by atoms with Gasteiger partial charge in [-0.1, -0.05) is 5.92 Å². The molecule has 1 N–H and O–H groups in total. The Balaban J connectivity index is 1.29. The summed E-state index contributed by atoms with van der Waals surface area (Å²) in [6.07, 6.45) is 13.6. The van der Waals surface area contributed by atoms with Gasteiger partial charge in [-0.25, -0.2) is 8.78 Å². The smallest absolute Gasteiger partial charge is 0.319 e. The van der Waals surface area contributed by atoms with E-state index in [0.29, 0.717) is 30.9 Å². The van der Waals surface area contributed by atoms with Crippen LogP contribution in [-0.4, -0.2) is 75.4 Å². The van der Waals surface area contributed by atoms with Crippen molar-refractivity contribution < 1.29 is 18.3 Å². The van der Waals surface area contributed by atoms with Crippen LogP contribution in [0.1, 0.15) is 44.1 Å². The lowest BCUT2D eigenvalue weighted by Crippen LogP contribution is -2.44. The van der Waals surface area contributed by atoms with Gasteiger partial charge >= 0.3 is 6.01 Å². The van der Waals surface area contributed by atoms with Gasteiger partial charge in [0.05, 0.1) is 34.2 Å². The predicted octanol–water partition coefficient (Wildman–Crippen LogP) is 4.17. The number of fused-ring (bicyclic) bond motifs is 5. The monoisotopic (exact) mass is 584 g/mol. The number of rotatable bonds is 5. The quantitative estimate of drug-likeness (QED) is 0.350. The number of halogens is 2. The van der Waals surface area contributed by atoms with Crippen LogP contribution >= 0.6 is 0 Å². The van der Waals surface area contributed by atoms with Gasteiger partial charge in [0.25, 0.3) is 0 Å². The second-order valence-corrected chi connectivity index (χ2v) is 12.1. The third-order valence-corrected chi connectivity index (χ3v) is 9.62. The van der Waals surface area contributed by atoms with Gasteiger partial charge in [0.2, 0.25) is 5.56 Å². The number of aromatic amines is 1. The van der Waals surface area contributed by atoms with Gasteiger partial charge in [0, 0.05) is 36.3 Å². The van der Waals surface area contributed by atoms with E-state index in [1.807, 2.05) is 0 Å². The van der Waals surface area contributed by atoms with Crippen molar-refractivity contribution in [3.05, 3.63) is 51.9 Å². The highest BCUT2D eigenvalue weighted by atomic mass is 19.1. The zero-order valence-electron chi connectivity index (χ0n) is 23.5. The summed E-state index contributed by atoms with van der Waals surface area (Å²) in [7, 11) is 0. The van der Waals surface area contributed by atoms with Crippen LogP contribution in [0.4, 0.5) is 14.6 Å². The molecule has 220 valence electrons. The Hall–Kier alpha value is -4.14. The normalized spacial score (nSPS) is 22.8. The van der Waals surface area contributed by atoms with E-state index in [0.717, 1.165) is 51.6 Å². The molecule has 8 rings (SSSR count). The van der Waals surface area contributed by atoms with Crippen LogP contribution < -0.4 is 15.2 Å². The standard InChI is InChI=1S/C32H30F2N6O3/c1-2-20-23(33)7-8-24-26(20)21(13-25(41)36-24)28-27(34)29-22(14-35-28)30(39-15-18-5-6-19(16-39)43-18)38-31(37-29)42-17-32-9-3-11-40(32)12-4-10-32/h1,7-8,13-14,18-19H,3-6,9-12,15-17H2,(H,36,41). The molecule has 1 aromatic carbocycles. The summed E-state index contributed by atoms with van der Waals surface area (Å²) < 4.78 is 43.8. The molecule has 0 aliphatic carbocycles. The minimum atomic E-state index is -0.761. The van der Waals surface area contributed by atoms with Crippen LogP contribution in [0.5, 0.6) is 6.01 Å². The summed E-state index contributed by atoms with van der Waals surface area (Å²) in [5.74, 6) is 1.47. The van der Waals surface area contributed by atoms with Crippen molar-refractivity contribution in [1.29, 1.82) is 0 Å². The molecule has 9 nitrogen and oxygen atoms in total. The number of morpholine rings is 1. The molecule has 0 saturated carbocycles. The van der Waals surface area contributed by atoms with Gasteiger partial charge < -0.3 is 19.4 Å². The highest BCUT2D eigenvalue weighted by molar-refractivity contribution is 6.00. The number of nitrogens with one attached hydrogen (secondary N) is 1. The number of H-pyrrole nitrogens is 1. The van der Waals surface area contributed by atoms with Crippen LogP contribution in [-0.2, 0) is 4.74 Å². The Morgan fingerprint density at radius 1 is 1.14 bits per heavy atom. The van der Waals surface area contributed by atoms with Crippen LogP contribution in [0.25, 0.3) is 33.1 Å². The third kappa shape index (κ3) is 4.26.